The number of carbonyl (C=O) groups excluding carboxylic acids is 1. The Labute approximate surface area is 114 Å². The van der Waals surface area contributed by atoms with Crippen LogP contribution in [0.5, 0.6) is 0 Å². The summed E-state index contributed by atoms with van der Waals surface area (Å²) >= 11 is -1.37. The van der Waals surface area contributed by atoms with Crippen molar-refractivity contribution in [1.82, 2.24) is 0 Å². The standard InChI is InChI=1S/C11H16N2O2.CH3.In.H/c1-11(2,3)15-10(14)13-9-7-5-4-6-8(9)12;;;/h4-7H,12H2,1-3H3,(H,13,14);1H3;;/q;;+1;/p-1. The Morgan fingerprint density at radius 3 is 2.41 bits per heavy atom. The van der Waals surface area contributed by atoms with Gasteiger partial charge in [0, 0.05) is 0 Å². The van der Waals surface area contributed by atoms with Gasteiger partial charge < -0.3 is 0 Å². The molecular formula is C12H19InN2O2. The van der Waals surface area contributed by atoms with Crippen molar-refractivity contribution in [1.29, 1.82) is 0 Å². The molecule has 4 nitrogen and oxygen atoms in total. The van der Waals surface area contributed by atoms with Crippen molar-refractivity contribution in [2.45, 2.75) is 31.1 Å². The van der Waals surface area contributed by atoms with Gasteiger partial charge in [-0.05, 0) is 0 Å². The predicted molar refractivity (Wildman–Crippen MR) is 72.6 cm³/mol. The van der Waals surface area contributed by atoms with Crippen LogP contribution in [0.2, 0.25) is 4.68 Å². The molecule has 0 aliphatic heterocycles. The molecule has 0 unspecified atom stereocenters. The van der Waals surface area contributed by atoms with Crippen molar-refractivity contribution >= 4 is 40.7 Å². The second-order valence-electron chi connectivity index (χ2n) is 4.78. The number of anilines is 2. The van der Waals surface area contributed by atoms with Gasteiger partial charge in [0.1, 0.15) is 0 Å². The SMILES string of the molecule is [CH3][InH][N](C(=O)OC(C)(C)C)c1ccccc1N. The zero-order valence-electron chi connectivity index (χ0n) is 10.9. The van der Waals surface area contributed by atoms with Gasteiger partial charge in [0.25, 0.3) is 0 Å². The fraction of sp³-hybridized carbons (Fsp3) is 0.417. The summed E-state index contributed by atoms with van der Waals surface area (Å²) in [5.74, 6) is 0. The Kier molecular flexibility index (Phi) is 4.74. The average Bonchev–Trinajstić information content (AvgIpc) is 2.19. The van der Waals surface area contributed by atoms with Crippen LogP contribution in [0, 0.1) is 0 Å². The van der Waals surface area contributed by atoms with Gasteiger partial charge >= 0.3 is 114 Å². The number of amides is 1. The first kappa shape index (κ1) is 14.2. The molecule has 0 aliphatic rings. The first-order valence-electron chi connectivity index (χ1n) is 5.70. The van der Waals surface area contributed by atoms with E-state index in [4.69, 9.17) is 10.5 Å². The molecule has 1 aromatic carbocycles. The summed E-state index contributed by atoms with van der Waals surface area (Å²) in [6, 6.07) is 7.40. The number of nitrogen functional groups attached to an aromatic ring is 1. The summed E-state index contributed by atoms with van der Waals surface area (Å²) in [6.07, 6.45) is -0.284. The molecule has 17 heavy (non-hydrogen) atoms. The number of nitrogens with zero attached hydrogens (tertiary/aromatic N) is 1. The van der Waals surface area contributed by atoms with Gasteiger partial charge in [-0.2, -0.15) is 0 Å². The Bertz CT molecular complexity index is 402. The van der Waals surface area contributed by atoms with E-state index in [1.165, 1.54) is 0 Å². The van der Waals surface area contributed by atoms with Crippen LogP contribution in [-0.4, -0.2) is 34.9 Å². The van der Waals surface area contributed by atoms with Gasteiger partial charge in [-0.25, -0.2) is 0 Å². The average molecular weight is 338 g/mol. The number of rotatable bonds is 2. The Morgan fingerprint density at radius 1 is 1.35 bits per heavy atom. The summed E-state index contributed by atoms with van der Waals surface area (Å²) in [4.78, 5) is 12.0. The normalized spacial score (nSPS) is 10.8. The van der Waals surface area contributed by atoms with Crippen molar-refractivity contribution in [2.24, 2.45) is 0 Å². The molecule has 0 saturated heterocycles. The zero-order valence-corrected chi connectivity index (χ0v) is 14.9. The molecule has 1 rings (SSSR count). The number of hydrogen-bond donors (Lipinski definition) is 1. The van der Waals surface area contributed by atoms with Crippen LogP contribution in [0.4, 0.5) is 16.2 Å². The number of ether oxygens (including phenoxy) is 1. The number of para-hydroxylation sites is 2. The van der Waals surface area contributed by atoms with E-state index in [2.05, 4.69) is 4.68 Å². The molecule has 0 aliphatic carbocycles. The van der Waals surface area contributed by atoms with Gasteiger partial charge in [-0.15, -0.1) is 0 Å². The molecule has 0 bridgehead atoms. The second-order valence-corrected chi connectivity index (χ2v) is 8.39. The van der Waals surface area contributed by atoms with Crippen molar-refractivity contribution in [3.63, 3.8) is 0 Å². The quantitative estimate of drug-likeness (QED) is 0.843. The van der Waals surface area contributed by atoms with Crippen LogP contribution in [0.3, 0.4) is 0 Å². The van der Waals surface area contributed by atoms with E-state index in [0.29, 0.717) is 5.69 Å². The second kappa shape index (κ2) is 5.67. The molecule has 1 amide bonds. The van der Waals surface area contributed by atoms with E-state index in [0.717, 1.165) is 5.69 Å². The molecule has 5 heteroatoms. The molecule has 0 fully saturated rings. The van der Waals surface area contributed by atoms with Crippen LogP contribution >= 0.6 is 0 Å². The van der Waals surface area contributed by atoms with Gasteiger partial charge in [-0.3, -0.25) is 0 Å². The Hall–Kier alpha value is -0.840. The first-order chi connectivity index (χ1) is 7.85. The summed E-state index contributed by atoms with van der Waals surface area (Å²) in [5.41, 5.74) is 6.81. The molecule has 0 aromatic heterocycles. The van der Waals surface area contributed by atoms with E-state index >= 15 is 0 Å². The minimum atomic E-state index is -1.37. The third-order valence-electron chi connectivity index (χ3n) is 2.16. The van der Waals surface area contributed by atoms with Gasteiger partial charge in [-0.1, -0.05) is 0 Å². The Morgan fingerprint density at radius 2 is 1.94 bits per heavy atom. The van der Waals surface area contributed by atoms with E-state index < -0.39 is 28.8 Å². The molecule has 0 heterocycles. The number of hydrogen-bond acceptors (Lipinski definition) is 3. The van der Waals surface area contributed by atoms with Crippen LogP contribution in [0.1, 0.15) is 20.8 Å². The minimum absolute atomic E-state index is 0.284. The molecule has 0 radical (unpaired) electrons. The van der Waals surface area contributed by atoms with Gasteiger partial charge in [0.15, 0.2) is 0 Å². The summed E-state index contributed by atoms with van der Waals surface area (Å²) in [7, 11) is 0. The first-order valence-corrected chi connectivity index (χ1v) is 11.5. The summed E-state index contributed by atoms with van der Waals surface area (Å²) < 4.78 is 9.22. The molecule has 92 valence electrons. The van der Waals surface area contributed by atoms with Crippen LogP contribution in [0.25, 0.3) is 0 Å². The molecule has 0 saturated carbocycles. The molecule has 0 atom stereocenters. The predicted octanol–water partition coefficient (Wildman–Crippen LogP) is 2.41. The van der Waals surface area contributed by atoms with E-state index in [1.807, 2.05) is 39.0 Å². The fourth-order valence-electron chi connectivity index (χ4n) is 1.45. The molecule has 2 N–H and O–H groups in total. The van der Waals surface area contributed by atoms with Crippen molar-refractivity contribution in [3.05, 3.63) is 24.3 Å². The van der Waals surface area contributed by atoms with Gasteiger partial charge in [0.2, 0.25) is 0 Å². The van der Waals surface area contributed by atoms with Crippen LogP contribution in [-0.2, 0) is 4.74 Å². The van der Waals surface area contributed by atoms with E-state index in [-0.39, 0.29) is 6.09 Å². The summed E-state index contributed by atoms with van der Waals surface area (Å²) in [6.45, 7) is 5.59. The molecular weight excluding hydrogens is 319 g/mol. The molecule has 1 aromatic rings. The Balaban J connectivity index is 2.93. The fourth-order valence-corrected chi connectivity index (χ4v) is 4.16. The number of carbonyl (C=O) groups is 1. The van der Waals surface area contributed by atoms with Crippen molar-refractivity contribution in [2.75, 3.05) is 8.62 Å². The van der Waals surface area contributed by atoms with Crippen molar-refractivity contribution < 1.29 is 9.53 Å². The van der Waals surface area contributed by atoms with Gasteiger partial charge in [0.05, 0.1) is 0 Å². The molecule has 0 spiro atoms. The third-order valence-corrected chi connectivity index (χ3v) is 5.67. The van der Waals surface area contributed by atoms with E-state index in [9.17, 15) is 4.79 Å². The summed E-state index contributed by atoms with van der Waals surface area (Å²) in [5, 5.41) is 0. The van der Waals surface area contributed by atoms with Crippen LogP contribution in [0.15, 0.2) is 24.3 Å². The maximum absolute atomic E-state index is 12.0. The number of benzene rings is 1. The van der Waals surface area contributed by atoms with E-state index in [1.54, 1.807) is 8.95 Å². The topological polar surface area (TPSA) is 55.6 Å². The van der Waals surface area contributed by atoms with Crippen LogP contribution < -0.4 is 8.62 Å². The number of nitrogens with two attached hydrogens (primary N) is 1. The zero-order chi connectivity index (χ0) is 13.1. The third kappa shape index (κ3) is 4.15. The monoisotopic (exact) mass is 338 g/mol. The van der Waals surface area contributed by atoms with Crippen molar-refractivity contribution in [3.8, 4) is 0 Å². The maximum atomic E-state index is 12.0.